The third kappa shape index (κ3) is 6.72. The Labute approximate surface area is 243 Å². The van der Waals surface area contributed by atoms with Crippen LogP contribution in [0.15, 0.2) is 59.6 Å². The molecule has 2 unspecified atom stereocenters. The van der Waals surface area contributed by atoms with Gasteiger partial charge in [0.25, 0.3) is 0 Å². The molecule has 5 rings (SSSR count). The molecule has 0 amide bonds. The van der Waals surface area contributed by atoms with Gasteiger partial charge in [0, 0.05) is 44.5 Å². The van der Waals surface area contributed by atoms with Gasteiger partial charge in [0.1, 0.15) is 5.82 Å². The van der Waals surface area contributed by atoms with E-state index >= 15 is 0 Å². The number of anilines is 2. The Morgan fingerprint density at radius 3 is 2.73 bits per heavy atom. The van der Waals surface area contributed by atoms with Crippen molar-refractivity contribution < 1.29 is 13.2 Å². The summed E-state index contributed by atoms with van der Waals surface area (Å²) in [5, 5.41) is 9.13. The number of sulfonamides is 1. The number of pyridine rings is 1. The van der Waals surface area contributed by atoms with Crippen molar-refractivity contribution in [3.05, 3.63) is 77.1 Å². The van der Waals surface area contributed by atoms with Crippen LogP contribution in [0.1, 0.15) is 48.2 Å². The Balaban J connectivity index is 1.27. The molecule has 41 heavy (non-hydrogen) atoms. The van der Waals surface area contributed by atoms with Crippen LogP contribution < -0.4 is 14.9 Å². The Morgan fingerprint density at radius 1 is 1.15 bits per heavy atom. The first-order chi connectivity index (χ1) is 19.6. The minimum Gasteiger partial charge on any atom is -0.383 e. The molecule has 0 saturated heterocycles. The Bertz CT molecular complexity index is 1630. The van der Waals surface area contributed by atoms with Crippen LogP contribution >= 0.6 is 0 Å². The SMILES string of the molecule is COCCn1cc2c(n1)C(Nc1ccc3cc(S(=O)(=O)NC(C)Cc4ccc(N(C)C)cc4C)ccc3n1)CCC2. The molecule has 218 valence electrons. The third-order valence-corrected chi connectivity index (χ3v) is 9.27. The van der Waals surface area contributed by atoms with Crippen LogP contribution in [-0.4, -0.2) is 57.0 Å². The van der Waals surface area contributed by atoms with Gasteiger partial charge in [-0.1, -0.05) is 6.07 Å². The average molecular weight is 577 g/mol. The zero-order valence-corrected chi connectivity index (χ0v) is 25.3. The maximum atomic E-state index is 13.3. The van der Waals surface area contributed by atoms with Crippen LogP contribution in [0.3, 0.4) is 0 Å². The smallest absolute Gasteiger partial charge is 0.240 e. The molecule has 1 aliphatic rings. The van der Waals surface area contributed by atoms with Crippen molar-refractivity contribution in [2.24, 2.45) is 0 Å². The number of nitrogens with zero attached hydrogens (tertiary/aromatic N) is 4. The zero-order chi connectivity index (χ0) is 29.1. The van der Waals surface area contributed by atoms with Crippen LogP contribution in [-0.2, 0) is 34.1 Å². The van der Waals surface area contributed by atoms with E-state index in [4.69, 9.17) is 14.8 Å². The Hall–Kier alpha value is -3.47. The highest BCUT2D eigenvalue weighted by atomic mass is 32.2. The topological polar surface area (TPSA) is 101 Å². The molecule has 2 N–H and O–H groups in total. The summed E-state index contributed by atoms with van der Waals surface area (Å²) >= 11 is 0. The van der Waals surface area contributed by atoms with E-state index in [1.165, 1.54) is 5.56 Å². The van der Waals surface area contributed by atoms with Gasteiger partial charge in [0.2, 0.25) is 10.0 Å². The number of aryl methyl sites for hydroxylation is 2. The van der Waals surface area contributed by atoms with E-state index in [9.17, 15) is 8.42 Å². The van der Waals surface area contributed by atoms with Gasteiger partial charge in [-0.05, 0) is 98.7 Å². The van der Waals surface area contributed by atoms with Gasteiger partial charge in [0.05, 0.1) is 35.3 Å². The lowest BCUT2D eigenvalue weighted by Gasteiger charge is -2.23. The summed E-state index contributed by atoms with van der Waals surface area (Å²) in [5.74, 6) is 0.750. The second-order valence-electron chi connectivity index (χ2n) is 11.2. The van der Waals surface area contributed by atoms with E-state index in [2.05, 4.69) is 46.3 Å². The summed E-state index contributed by atoms with van der Waals surface area (Å²) in [6.45, 7) is 5.31. The number of hydrogen-bond acceptors (Lipinski definition) is 7. The highest BCUT2D eigenvalue weighted by Gasteiger charge is 2.24. The van der Waals surface area contributed by atoms with Crippen LogP contribution in [0, 0.1) is 6.92 Å². The molecule has 2 atom stereocenters. The fourth-order valence-electron chi connectivity index (χ4n) is 5.46. The third-order valence-electron chi connectivity index (χ3n) is 7.68. The van der Waals surface area contributed by atoms with Crippen molar-refractivity contribution in [1.29, 1.82) is 0 Å². The normalized spacial score (nSPS) is 16.0. The van der Waals surface area contributed by atoms with E-state index < -0.39 is 10.0 Å². The molecule has 0 fully saturated rings. The second kappa shape index (κ2) is 12.2. The van der Waals surface area contributed by atoms with Gasteiger partial charge in [-0.3, -0.25) is 4.68 Å². The van der Waals surface area contributed by atoms with Gasteiger partial charge in [-0.25, -0.2) is 18.1 Å². The second-order valence-corrected chi connectivity index (χ2v) is 12.9. The van der Waals surface area contributed by atoms with Crippen molar-refractivity contribution in [2.45, 2.75) is 63.1 Å². The molecule has 9 nitrogen and oxygen atoms in total. The van der Waals surface area contributed by atoms with Crippen molar-refractivity contribution in [3.63, 3.8) is 0 Å². The van der Waals surface area contributed by atoms with E-state index in [1.807, 2.05) is 37.8 Å². The van der Waals surface area contributed by atoms with Crippen molar-refractivity contribution in [3.8, 4) is 0 Å². The molecule has 2 aromatic carbocycles. The molecule has 2 aromatic heterocycles. The molecular formula is C31H40N6O3S. The van der Waals surface area contributed by atoms with Crippen LogP contribution in [0.4, 0.5) is 11.5 Å². The first-order valence-corrected chi connectivity index (χ1v) is 15.6. The van der Waals surface area contributed by atoms with Gasteiger partial charge in [0.15, 0.2) is 0 Å². The molecular weight excluding hydrogens is 536 g/mol. The summed E-state index contributed by atoms with van der Waals surface area (Å²) in [7, 11) is 2.02. The maximum Gasteiger partial charge on any atom is 0.240 e. The van der Waals surface area contributed by atoms with Crippen molar-refractivity contribution in [1.82, 2.24) is 19.5 Å². The fourth-order valence-corrected chi connectivity index (χ4v) is 6.74. The molecule has 2 heterocycles. The minimum atomic E-state index is -3.70. The maximum absolute atomic E-state index is 13.3. The molecule has 0 radical (unpaired) electrons. The minimum absolute atomic E-state index is 0.0838. The average Bonchev–Trinajstić information content (AvgIpc) is 3.36. The largest absolute Gasteiger partial charge is 0.383 e. The monoisotopic (exact) mass is 576 g/mol. The Morgan fingerprint density at radius 2 is 1.98 bits per heavy atom. The fraction of sp³-hybridized carbons (Fsp3) is 0.419. The molecule has 4 aromatic rings. The molecule has 0 spiro atoms. The number of benzene rings is 2. The molecule has 0 aliphatic heterocycles. The lowest BCUT2D eigenvalue weighted by molar-refractivity contribution is 0.183. The highest BCUT2D eigenvalue weighted by Crippen LogP contribution is 2.32. The lowest BCUT2D eigenvalue weighted by atomic mass is 9.94. The van der Waals surface area contributed by atoms with E-state index in [0.29, 0.717) is 13.0 Å². The summed E-state index contributed by atoms with van der Waals surface area (Å²) in [5.41, 5.74) is 6.47. The van der Waals surface area contributed by atoms with Crippen LogP contribution in [0.5, 0.6) is 0 Å². The number of rotatable bonds is 11. The number of nitrogens with one attached hydrogen (secondary N) is 2. The number of aromatic nitrogens is 3. The number of fused-ring (bicyclic) bond motifs is 2. The first kappa shape index (κ1) is 29.0. The molecule has 1 aliphatic carbocycles. The van der Waals surface area contributed by atoms with Gasteiger partial charge in [-0.15, -0.1) is 0 Å². The summed E-state index contributed by atoms with van der Waals surface area (Å²) in [4.78, 5) is 7.07. The summed E-state index contributed by atoms with van der Waals surface area (Å²) < 4.78 is 36.5. The van der Waals surface area contributed by atoms with Gasteiger partial charge < -0.3 is 15.0 Å². The highest BCUT2D eigenvalue weighted by molar-refractivity contribution is 7.89. The van der Waals surface area contributed by atoms with E-state index in [1.54, 1.807) is 25.3 Å². The number of methoxy groups -OCH3 is 1. The predicted molar refractivity (Wildman–Crippen MR) is 164 cm³/mol. The van der Waals surface area contributed by atoms with E-state index in [0.717, 1.165) is 65.0 Å². The molecule has 0 bridgehead atoms. The standard InChI is InChI=1S/C31H40N6O3S/c1-21-17-26(36(3)4)11-9-23(21)18-22(2)35-41(38,39)27-12-13-28-24(19-27)10-14-30(32-28)33-29-8-6-7-25-20-37(15-16-40-5)34-31(25)29/h9-14,17,19-20,22,29,35H,6-8,15-16,18H2,1-5H3,(H,32,33). The number of ether oxygens (including phenoxy) is 1. The van der Waals surface area contributed by atoms with Crippen molar-refractivity contribution in [2.75, 3.05) is 38.0 Å². The lowest BCUT2D eigenvalue weighted by Crippen LogP contribution is -2.34. The first-order valence-electron chi connectivity index (χ1n) is 14.1. The summed E-state index contributed by atoms with van der Waals surface area (Å²) in [6.07, 6.45) is 5.82. The van der Waals surface area contributed by atoms with E-state index in [-0.39, 0.29) is 17.0 Å². The van der Waals surface area contributed by atoms with Crippen LogP contribution in [0.25, 0.3) is 10.9 Å². The molecule has 10 heteroatoms. The quantitative estimate of drug-likeness (QED) is 0.263. The predicted octanol–water partition coefficient (Wildman–Crippen LogP) is 4.85. The van der Waals surface area contributed by atoms with Gasteiger partial charge in [-0.2, -0.15) is 5.10 Å². The van der Waals surface area contributed by atoms with Crippen LogP contribution in [0.2, 0.25) is 0 Å². The Kier molecular flexibility index (Phi) is 8.63. The molecule has 0 saturated carbocycles. The van der Waals surface area contributed by atoms with Gasteiger partial charge >= 0.3 is 0 Å². The van der Waals surface area contributed by atoms with Crippen molar-refractivity contribution >= 4 is 32.4 Å². The number of hydrogen-bond donors (Lipinski definition) is 2. The zero-order valence-electron chi connectivity index (χ0n) is 24.5. The summed E-state index contributed by atoms with van der Waals surface area (Å²) in [6, 6.07) is 15.0.